The highest BCUT2D eigenvalue weighted by Crippen LogP contribution is 2.42. The second-order valence-corrected chi connectivity index (χ2v) is 4.21. The van der Waals surface area contributed by atoms with E-state index in [1.54, 1.807) is 0 Å². The van der Waals surface area contributed by atoms with Crippen molar-refractivity contribution in [1.82, 2.24) is 0 Å². The van der Waals surface area contributed by atoms with Crippen LogP contribution in [0, 0.1) is 0 Å². The van der Waals surface area contributed by atoms with Gasteiger partial charge in [-0.2, -0.15) is 0 Å². The zero-order valence-corrected chi connectivity index (χ0v) is 8.58. The lowest BCUT2D eigenvalue weighted by atomic mass is 9.96. The molecular formula is C12H15NO. The quantitative estimate of drug-likeness (QED) is 0.724. The van der Waals surface area contributed by atoms with Gasteiger partial charge in [-0.05, 0) is 35.4 Å². The van der Waals surface area contributed by atoms with Gasteiger partial charge in [0.25, 0.3) is 0 Å². The molecule has 1 aliphatic carbocycles. The topological polar surface area (TPSA) is 43.1 Å². The van der Waals surface area contributed by atoms with Crippen LogP contribution in [0.15, 0.2) is 18.2 Å². The molecule has 2 atom stereocenters. The highest BCUT2D eigenvalue weighted by Gasteiger charge is 2.28. The van der Waals surface area contributed by atoms with Crippen molar-refractivity contribution in [1.29, 1.82) is 0 Å². The van der Waals surface area contributed by atoms with E-state index in [9.17, 15) is 4.79 Å². The third kappa shape index (κ3) is 1.22. The molecule has 0 radical (unpaired) electrons. The highest BCUT2D eigenvalue weighted by atomic mass is 16.1. The minimum Gasteiger partial charge on any atom is -0.366 e. The number of benzene rings is 1. The summed E-state index contributed by atoms with van der Waals surface area (Å²) in [6.07, 6.45) is 1.12. The summed E-state index contributed by atoms with van der Waals surface area (Å²) in [5.74, 6) is 0.714. The molecule has 2 rings (SSSR count). The molecule has 0 aromatic heterocycles. The van der Waals surface area contributed by atoms with Gasteiger partial charge in [0.15, 0.2) is 0 Å². The second kappa shape index (κ2) is 3.12. The van der Waals surface area contributed by atoms with E-state index in [-0.39, 0.29) is 5.91 Å². The van der Waals surface area contributed by atoms with Gasteiger partial charge in [-0.25, -0.2) is 0 Å². The molecule has 1 aromatic carbocycles. The van der Waals surface area contributed by atoms with Gasteiger partial charge in [-0.1, -0.05) is 26.0 Å². The molecule has 0 saturated heterocycles. The van der Waals surface area contributed by atoms with E-state index in [2.05, 4.69) is 19.9 Å². The third-order valence-electron chi connectivity index (χ3n) is 3.14. The number of hydrogen-bond acceptors (Lipinski definition) is 1. The molecule has 0 spiro atoms. The first-order valence-electron chi connectivity index (χ1n) is 5.04. The number of nitrogens with two attached hydrogens (primary N) is 1. The number of fused-ring (bicyclic) bond motifs is 1. The van der Waals surface area contributed by atoms with E-state index >= 15 is 0 Å². The number of carbonyl (C=O) groups excluding carboxylic acids is 1. The summed E-state index contributed by atoms with van der Waals surface area (Å²) in [5.41, 5.74) is 8.54. The summed E-state index contributed by atoms with van der Waals surface area (Å²) < 4.78 is 0. The van der Waals surface area contributed by atoms with Crippen molar-refractivity contribution in [3.05, 3.63) is 34.9 Å². The molecule has 1 amide bonds. The van der Waals surface area contributed by atoms with Crippen LogP contribution in [-0.2, 0) is 0 Å². The Hall–Kier alpha value is -1.31. The van der Waals surface area contributed by atoms with E-state index < -0.39 is 0 Å². The van der Waals surface area contributed by atoms with Crippen molar-refractivity contribution in [2.45, 2.75) is 32.1 Å². The van der Waals surface area contributed by atoms with Crippen molar-refractivity contribution in [3.63, 3.8) is 0 Å². The Morgan fingerprint density at radius 3 is 2.71 bits per heavy atom. The number of rotatable bonds is 1. The summed E-state index contributed by atoms with van der Waals surface area (Å²) in [4.78, 5) is 11.2. The zero-order chi connectivity index (χ0) is 10.3. The van der Waals surface area contributed by atoms with Crippen LogP contribution in [0.25, 0.3) is 0 Å². The maximum absolute atomic E-state index is 11.2. The lowest BCUT2D eigenvalue weighted by Gasteiger charge is -2.09. The van der Waals surface area contributed by atoms with Crippen molar-refractivity contribution in [2.75, 3.05) is 0 Å². The number of carbonyl (C=O) groups is 1. The maximum Gasteiger partial charge on any atom is 0.248 e. The summed E-state index contributed by atoms with van der Waals surface area (Å²) in [6.45, 7) is 4.36. The predicted octanol–water partition coefficient (Wildman–Crippen LogP) is 2.40. The number of primary amides is 1. The number of hydrogen-bond donors (Lipinski definition) is 1. The molecule has 1 unspecified atom stereocenters. The van der Waals surface area contributed by atoms with Crippen molar-refractivity contribution in [2.24, 2.45) is 5.73 Å². The fourth-order valence-electron chi connectivity index (χ4n) is 2.55. The Morgan fingerprint density at radius 2 is 2.07 bits per heavy atom. The van der Waals surface area contributed by atoms with Gasteiger partial charge in [-0.3, -0.25) is 4.79 Å². The Labute approximate surface area is 84.1 Å². The minimum atomic E-state index is -0.303. The van der Waals surface area contributed by atoms with Gasteiger partial charge in [-0.15, -0.1) is 0 Å². The van der Waals surface area contributed by atoms with Crippen LogP contribution in [0.4, 0.5) is 0 Å². The van der Waals surface area contributed by atoms with Crippen LogP contribution in [0.3, 0.4) is 0 Å². The summed E-state index contributed by atoms with van der Waals surface area (Å²) in [5, 5.41) is 0. The number of amides is 1. The molecule has 0 heterocycles. The minimum absolute atomic E-state index is 0.303. The lowest BCUT2D eigenvalue weighted by molar-refractivity contribution is 0.0999. The third-order valence-corrected chi connectivity index (χ3v) is 3.14. The van der Waals surface area contributed by atoms with Crippen molar-refractivity contribution >= 4 is 5.91 Å². The van der Waals surface area contributed by atoms with Gasteiger partial charge < -0.3 is 5.73 Å². The highest BCUT2D eigenvalue weighted by molar-refractivity contribution is 5.95. The Bertz CT molecular complexity index is 384. The Kier molecular flexibility index (Phi) is 2.06. The van der Waals surface area contributed by atoms with E-state index in [1.165, 1.54) is 11.1 Å². The molecule has 14 heavy (non-hydrogen) atoms. The summed E-state index contributed by atoms with van der Waals surface area (Å²) in [7, 11) is 0. The van der Waals surface area contributed by atoms with Crippen LogP contribution >= 0.6 is 0 Å². The van der Waals surface area contributed by atoms with E-state index in [0.29, 0.717) is 17.4 Å². The molecule has 0 bridgehead atoms. The Balaban J connectivity index is 2.62. The van der Waals surface area contributed by atoms with Crippen LogP contribution < -0.4 is 5.73 Å². The normalized spacial score (nSPS) is 24.7. The first-order chi connectivity index (χ1) is 6.61. The molecule has 0 saturated carbocycles. The van der Waals surface area contributed by atoms with E-state index in [1.807, 2.05) is 12.1 Å². The molecule has 2 N–H and O–H groups in total. The van der Waals surface area contributed by atoms with Gasteiger partial charge in [0, 0.05) is 5.56 Å². The zero-order valence-electron chi connectivity index (χ0n) is 8.58. The standard InChI is InChI=1S/C12H15NO/c1-7-6-8(2)11-9(7)4-3-5-10(11)12(13)14/h3-5,7-8H,6H2,1-2H3,(H2,13,14)/t7?,8-/m1/s1. The predicted molar refractivity (Wildman–Crippen MR) is 56.4 cm³/mol. The molecule has 1 aliphatic rings. The van der Waals surface area contributed by atoms with Crippen LogP contribution in [0.2, 0.25) is 0 Å². The molecule has 0 aliphatic heterocycles. The van der Waals surface area contributed by atoms with Crippen LogP contribution in [-0.4, -0.2) is 5.91 Å². The summed E-state index contributed by atoms with van der Waals surface area (Å²) >= 11 is 0. The average Bonchev–Trinajstić information content (AvgIpc) is 2.43. The molecule has 2 heteroatoms. The molecule has 74 valence electrons. The fraction of sp³-hybridized carbons (Fsp3) is 0.417. The van der Waals surface area contributed by atoms with E-state index in [4.69, 9.17) is 5.73 Å². The molecule has 2 nitrogen and oxygen atoms in total. The lowest BCUT2D eigenvalue weighted by Crippen LogP contribution is -2.14. The van der Waals surface area contributed by atoms with Gasteiger partial charge in [0.2, 0.25) is 5.91 Å². The maximum atomic E-state index is 11.2. The smallest absolute Gasteiger partial charge is 0.248 e. The monoisotopic (exact) mass is 189 g/mol. The molecular weight excluding hydrogens is 174 g/mol. The first-order valence-corrected chi connectivity index (χ1v) is 5.04. The van der Waals surface area contributed by atoms with Crippen LogP contribution in [0.1, 0.15) is 53.6 Å². The molecule has 1 aromatic rings. The van der Waals surface area contributed by atoms with Crippen LogP contribution in [0.5, 0.6) is 0 Å². The fourth-order valence-corrected chi connectivity index (χ4v) is 2.55. The van der Waals surface area contributed by atoms with Crippen molar-refractivity contribution < 1.29 is 4.79 Å². The SMILES string of the molecule is CC1C[C@@H](C)c2c(C(N)=O)cccc21. The first kappa shape index (κ1) is 9.25. The average molecular weight is 189 g/mol. The summed E-state index contributed by atoms with van der Waals surface area (Å²) in [6, 6.07) is 5.86. The van der Waals surface area contributed by atoms with Crippen molar-refractivity contribution in [3.8, 4) is 0 Å². The molecule has 0 fully saturated rings. The van der Waals surface area contributed by atoms with Gasteiger partial charge >= 0.3 is 0 Å². The second-order valence-electron chi connectivity index (χ2n) is 4.21. The Morgan fingerprint density at radius 1 is 1.36 bits per heavy atom. The van der Waals surface area contributed by atoms with Gasteiger partial charge in [0.05, 0.1) is 0 Å². The van der Waals surface area contributed by atoms with E-state index in [0.717, 1.165) is 6.42 Å². The largest absolute Gasteiger partial charge is 0.366 e. The van der Waals surface area contributed by atoms with Gasteiger partial charge in [0.1, 0.15) is 0 Å².